The van der Waals surface area contributed by atoms with Crippen molar-refractivity contribution in [3.05, 3.63) is 0 Å². The Morgan fingerprint density at radius 3 is 2.12 bits per heavy atom. The number of piperazine rings is 1. The summed E-state index contributed by atoms with van der Waals surface area (Å²) in [5.41, 5.74) is 6.06. The third-order valence-electron chi connectivity index (χ3n) is 3.56. The van der Waals surface area contributed by atoms with Crippen LogP contribution in [0.15, 0.2) is 0 Å². The summed E-state index contributed by atoms with van der Waals surface area (Å²) in [5.74, 6) is 0.791. The van der Waals surface area contributed by atoms with Crippen LogP contribution in [-0.4, -0.2) is 55.1 Å². The Bertz CT molecular complexity index is 186. The summed E-state index contributed by atoms with van der Waals surface area (Å²) in [7, 11) is 0. The maximum Gasteiger partial charge on any atom is 0.0110 e. The van der Waals surface area contributed by atoms with Gasteiger partial charge in [0, 0.05) is 38.8 Å². The van der Waals surface area contributed by atoms with Crippen LogP contribution in [0, 0.1) is 5.92 Å². The van der Waals surface area contributed by atoms with Crippen molar-refractivity contribution in [1.29, 1.82) is 0 Å². The summed E-state index contributed by atoms with van der Waals surface area (Å²) in [4.78, 5) is 5.17. The van der Waals surface area contributed by atoms with Crippen molar-refractivity contribution in [1.82, 2.24) is 9.80 Å². The van der Waals surface area contributed by atoms with Gasteiger partial charge in [0.2, 0.25) is 0 Å². The van der Waals surface area contributed by atoms with E-state index in [1.165, 1.54) is 52.1 Å². The molecule has 0 aliphatic carbocycles. The van der Waals surface area contributed by atoms with Crippen molar-refractivity contribution in [3.8, 4) is 0 Å². The number of hydrogen-bond donors (Lipinski definition) is 1. The molecule has 0 radical (unpaired) electrons. The SMILES string of the molecule is CCCC(N)CCN1CCN(CC(C)C)CC1. The molecule has 2 N–H and O–H groups in total. The molecule has 1 aliphatic rings. The first-order valence-corrected chi connectivity index (χ1v) is 7.32. The number of rotatable bonds is 7. The molecular weight excluding hydrogens is 210 g/mol. The first kappa shape index (κ1) is 14.9. The summed E-state index contributed by atoms with van der Waals surface area (Å²) in [6, 6.07) is 0.411. The van der Waals surface area contributed by atoms with Gasteiger partial charge >= 0.3 is 0 Å². The molecule has 1 fully saturated rings. The van der Waals surface area contributed by atoms with Crippen molar-refractivity contribution in [2.75, 3.05) is 39.3 Å². The Labute approximate surface area is 107 Å². The minimum absolute atomic E-state index is 0.411. The average Bonchev–Trinajstić information content (AvgIpc) is 2.28. The molecule has 1 saturated heterocycles. The van der Waals surface area contributed by atoms with Gasteiger partial charge in [-0.1, -0.05) is 27.2 Å². The molecule has 0 bridgehead atoms. The van der Waals surface area contributed by atoms with Crippen LogP contribution >= 0.6 is 0 Å². The molecule has 0 aromatic carbocycles. The highest BCUT2D eigenvalue weighted by Crippen LogP contribution is 2.07. The summed E-state index contributed by atoms with van der Waals surface area (Å²) < 4.78 is 0. The zero-order valence-corrected chi connectivity index (χ0v) is 12.0. The first-order valence-electron chi connectivity index (χ1n) is 7.32. The van der Waals surface area contributed by atoms with E-state index in [4.69, 9.17) is 5.73 Å². The van der Waals surface area contributed by atoms with Crippen LogP contribution < -0.4 is 5.73 Å². The summed E-state index contributed by atoms with van der Waals surface area (Å²) in [6.07, 6.45) is 3.55. The standard InChI is InChI=1S/C14H31N3/c1-4-5-14(15)6-7-16-8-10-17(11-9-16)12-13(2)3/h13-14H,4-12,15H2,1-3H3. The van der Waals surface area contributed by atoms with E-state index < -0.39 is 0 Å². The van der Waals surface area contributed by atoms with Gasteiger partial charge in [0.25, 0.3) is 0 Å². The lowest BCUT2D eigenvalue weighted by molar-refractivity contribution is 0.119. The molecule has 17 heavy (non-hydrogen) atoms. The molecule has 3 nitrogen and oxygen atoms in total. The summed E-state index contributed by atoms with van der Waals surface area (Å²) in [6.45, 7) is 14.2. The van der Waals surface area contributed by atoms with Crippen LogP contribution in [0.3, 0.4) is 0 Å². The van der Waals surface area contributed by atoms with Gasteiger partial charge in [-0.15, -0.1) is 0 Å². The van der Waals surface area contributed by atoms with Crippen molar-refractivity contribution < 1.29 is 0 Å². The molecule has 3 heteroatoms. The van der Waals surface area contributed by atoms with Crippen LogP contribution in [0.5, 0.6) is 0 Å². The molecule has 102 valence electrons. The topological polar surface area (TPSA) is 32.5 Å². The van der Waals surface area contributed by atoms with Crippen LogP contribution in [0.1, 0.15) is 40.0 Å². The fraction of sp³-hybridized carbons (Fsp3) is 1.00. The third kappa shape index (κ3) is 6.39. The van der Waals surface area contributed by atoms with E-state index in [2.05, 4.69) is 30.6 Å². The molecule has 0 aromatic rings. The second kappa shape index (κ2) is 8.06. The lowest BCUT2D eigenvalue weighted by Gasteiger charge is -2.35. The van der Waals surface area contributed by atoms with E-state index in [0.717, 1.165) is 12.3 Å². The van der Waals surface area contributed by atoms with E-state index in [0.29, 0.717) is 6.04 Å². The fourth-order valence-electron chi connectivity index (χ4n) is 2.58. The molecule has 0 spiro atoms. The smallest absolute Gasteiger partial charge is 0.0110 e. The van der Waals surface area contributed by atoms with Gasteiger partial charge in [-0.25, -0.2) is 0 Å². The van der Waals surface area contributed by atoms with Gasteiger partial charge in [0.15, 0.2) is 0 Å². The van der Waals surface area contributed by atoms with Gasteiger partial charge in [0.1, 0.15) is 0 Å². The van der Waals surface area contributed by atoms with Crippen molar-refractivity contribution in [2.24, 2.45) is 11.7 Å². The van der Waals surface area contributed by atoms with Crippen LogP contribution in [0.25, 0.3) is 0 Å². The zero-order valence-electron chi connectivity index (χ0n) is 12.0. The largest absolute Gasteiger partial charge is 0.328 e. The predicted octanol–water partition coefficient (Wildman–Crippen LogP) is 1.78. The van der Waals surface area contributed by atoms with Crippen LogP contribution in [-0.2, 0) is 0 Å². The lowest BCUT2D eigenvalue weighted by Crippen LogP contribution is -2.48. The van der Waals surface area contributed by atoms with Crippen molar-refractivity contribution in [3.63, 3.8) is 0 Å². The molecule has 0 saturated carbocycles. The van der Waals surface area contributed by atoms with E-state index in [1.54, 1.807) is 0 Å². The average molecular weight is 241 g/mol. The van der Waals surface area contributed by atoms with Crippen LogP contribution in [0.2, 0.25) is 0 Å². The van der Waals surface area contributed by atoms with Crippen molar-refractivity contribution in [2.45, 2.75) is 46.1 Å². The minimum atomic E-state index is 0.411. The quantitative estimate of drug-likeness (QED) is 0.737. The predicted molar refractivity (Wildman–Crippen MR) is 75.2 cm³/mol. The van der Waals surface area contributed by atoms with Gasteiger partial charge in [0.05, 0.1) is 0 Å². The maximum absolute atomic E-state index is 6.06. The van der Waals surface area contributed by atoms with Gasteiger partial charge in [-0.2, -0.15) is 0 Å². The highest BCUT2D eigenvalue weighted by Gasteiger charge is 2.17. The molecule has 1 atom stereocenters. The Morgan fingerprint density at radius 1 is 1.00 bits per heavy atom. The summed E-state index contributed by atoms with van der Waals surface area (Å²) >= 11 is 0. The maximum atomic E-state index is 6.06. The highest BCUT2D eigenvalue weighted by atomic mass is 15.3. The molecule has 0 aromatic heterocycles. The number of hydrogen-bond acceptors (Lipinski definition) is 3. The fourth-order valence-corrected chi connectivity index (χ4v) is 2.58. The minimum Gasteiger partial charge on any atom is -0.328 e. The monoisotopic (exact) mass is 241 g/mol. The number of nitrogens with zero attached hydrogens (tertiary/aromatic N) is 2. The molecule has 0 amide bonds. The van der Waals surface area contributed by atoms with Gasteiger partial charge in [-0.05, 0) is 25.3 Å². The Balaban J connectivity index is 2.10. The first-order chi connectivity index (χ1) is 8.11. The zero-order chi connectivity index (χ0) is 12.7. The van der Waals surface area contributed by atoms with Crippen molar-refractivity contribution >= 4 is 0 Å². The lowest BCUT2D eigenvalue weighted by atomic mass is 10.1. The van der Waals surface area contributed by atoms with E-state index in [1.807, 2.05) is 0 Å². The highest BCUT2D eigenvalue weighted by molar-refractivity contribution is 4.74. The Hall–Kier alpha value is -0.120. The second-order valence-electron chi connectivity index (χ2n) is 5.87. The number of nitrogens with two attached hydrogens (primary N) is 1. The molecular formula is C14H31N3. The van der Waals surface area contributed by atoms with Crippen LogP contribution in [0.4, 0.5) is 0 Å². The van der Waals surface area contributed by atoms with E-state index >= 15 is 0 Å². The second-order valence-corrected chi connectivity index (χ2v) is 5.87. The third-order valence-corrected chi connectivity index (χ3v) is 3.56. The Morgan fingerprint density at radius 2 is 1.59 bits per heavy atom. The molecule has 1 rings (SSSR count). The van der Waals surface area contributed by atoms with Gasteiger partial charge < -0.3 is 15.5 Å². The molecule has 1 unspecified atom stereocenters. The molecule has 1 aliphatic heterocycles. The van der Waals surface area contributed by atoms with E-state index in [9.17, 15) is 0 Å². The van der Waals surface area contributed by atoms with E-state index in [-0.39, 0.29) is 0 Å². The molecule has 1 heterocycles. The normalized spacial score (nSPS) is 21.0. The summed E-state index contributed by atoms with van der Waals surface area (Å²) in [5, 5.41) is 0. The Kier molecular flexibility index (Phi) is 7.09. The van der Waals surface area contributed by atoms with Gasteiger partial charge in [-0.3, -0.25) is 0 Å².